The number of benzene rings is 1. The molecule has 0 spiro atoms. The second-order valence-corrected chi connectivity index (χ2v) is 4.03. The van der Waals surface area contributed by atoms with Crippen LogP contribution in [-0.4, -0.2) is 46.6 Å². The van der Waals surface area contributed by atoms with Crippen LogP contribution >= 0.6 is 0 Å². The quantitative estimate of drug-likeness (QED) is 0.414. The molecule has 1 aromatic rings. The Hall–Kier alpha value is -2.26. The molecule has 0 fully saturated rings. The summed E-state index contributed by atoms with van der Waals surface area (Å²) in [5.41, 5.74) is 7.23. The van der Waals surface area contributed by atoms with Crippen LogP contribution in [0.5, 0.6) is 5.75 Å². The molecule has 1 aromatic carbocycles. The number of hydrogen-bond acceptors (Lipinski definition) is 6. The zero-order valence-electron chi connectivity index (χ0n) is 12.5. The predicted molar refractivity (Wildman–Crippen MR) is 76.7 cm³/mol. The standard InChI is InChI=1S/C13H19FN4O4/c1-16-13(19)18(17-15)11-4-3-10(14)9-12(11)22-8-7-21-6-5-20-2/h3-4,9,15H,5-8H2,1-2H3,(H,16,19). The van der Waals surface area contributed by atoms with Crippen molar-refractivity contribution in [2.75, 3.05) is 45.6 Å². The molecule has 0 bridgehead atoms. The summed E-state index contributed by atoms with van der Waals surface area (Å²) < 4.78 is 28.8. The molecule has 0 heterocycles. The fourth-order valence-corrected chi connectivity index (χ4v) is 1.55. The summed E-state index contributed by atoms with van der Waals surface area (Å²) in [5.74, 6) is -0.434. The van der Waals surface area contributed by atoms with Gasteiger partial charge < -0.3 is 19.5 Å². The summed E-state index contributed by atoms with van der Waals surface area (Å²) >= 11 is 0. The Balaban J connectivity index is 2.73. The van der Waals surface area contributed by atoms with Gasteiger partial charge in [-0.15, -0.1) is 0 Å². The Morgan fingerprint density at radius 2 is 2.09 bits per heavy atom. The van der Waals surface area contributed by atoms with E-state index >= 15 is 0 Å². The SMILES string of the molecule is CNC(=O)N(N=N)c1ccc(F)cc1OCCOCCOC. The molecule has 2 amide bonds. The number of amides is 2. The van der Waals surface area contributed by atoms with Crippen LogP contribution in [0.4, 0.5) is 14.9 Å². The molecule has 0 aromatic heterocycles. The topological polar surface area (TPSA) is 96.2 Å². The molecule has 8 nitrogen and oxygen atoms in total. The molecule has 122 valence electrons. The van der Waals surface area contributed by atoms with Crippen molar-refractivity contribution < 1.29 is 23.4 Å². The van der Waals surface area contributed by atoms with Crippen LogP contribution in [0, 0.1) is 11.3 Å². The number of nitrogens with one attached hydrogen (secondary N) is 2. The molecule has 0 saturated heterocycles. The maximum absolute atomic E-state index is 13.3. The maximum Gasteiger partial charge on any atom is 0.343 e. The van der Waals surface area contributed by atoms with Gasteiger partial charge in [0.2, 0.25) is 0 Å². The minimum Gasteiger partial charge on any atom is -0.489 e. The van der Waals surface area contributed by atoms with Gasteiger partial charge in [0.1, 0.15) is 23.9 Å². The van der Waals surface area contributed by atoms with Crippen molar-refractivity contribution in [2.45, 2.75) is 0 Å². The lowest BCUT2D eigenvalue weighted by molar-refractivity contribution is 0.0544. The molecular formula is C13H19FN4O4. The fraction of sp³-hybridized carbons (Fsp3) is 0.462. The minimum absolute atomic E-state index is 0.0925. The second-order valence-electron chi connectivity index (χ2n) is 4.03. The molecule has 0 aliphatic heterocycles. The molecule has 0 aliphatic carbocycles. The lowest BCUT2D eigenvalue weighted by atomic mass is 10.2. The highest BCUT2D eigenvalue weighted by atomic mass is 19.1. The Bertz CT molecular complexity index is 501. The van der Waals surface area contributed by atoms with E-state index in [0.29, 0.717) is 13.2 Å². The van der Waals surface area contributed by atoms with Crippen molar-refractivity contribution in [1.82, 2.24) is 5.32 Å². The molecule has 9 heteroatoms. The normalized spacial score (nSPS) is 10.1. The number of carbonyl (C=O) groups is 1. The van der Waals surface area contributed by atoms with Crippen molar-refractivity contribution in [1.29, 1.82) is 5.53 Å². The van der Waals surface area contributed by atoms with Crippen molar-refractivity contribution >= 4 is 11.7 Å². The summed E-state index contributed by atoms with van der Waals surface area (Å²) in [6, 6.07) is 2.94. The van der Waals surface area contributed by atoms with Gasteiger partial charge in [0.15, 0.2) is 0 Å². The number of halogens is 1. The van der Waals surface area contributed by atoms with E-state index in [9.17, 15) is 9.18 Å². The number of anilines is 1. The van der Waals surface area contributed by atoms with Crippen LogP contribution in [0.15, 0.2) is 23.4 Å². The van der Waals surface area contributed by atoms with Gasteiger partial charge in [0, 0.05) is 20.2 Å². The molecular weight excluding hydrogens is 295 g/mol. The number of methoxy groups -OCH3 is 1. The average molecular weight is 314 g/mol. The first-order chi connectivity index (χ1) is 10.6. The van der Waals surface area contributed by atoms with Crippen molar-refractivity contribution in [3.63, 3.8) is 0 Å². The van der Waals surface area contributed by atoms with Crippen molar-refractivity contribution in [3.8, 4) is 5.75 Å². The molecule has 0 saturated carbocycles. The number of urea groups is 1. The number of hydrogen-bond donors (Lipinski definition) is 2. The van der Waals surface area contributed by atoms with E-state index in [1.165, 1.54) is 13.1 Å². The molecule has 22 heavy (non-hydrogen) atoms. The van der Waals surface area contributed by atoms with Crippen LogP contribution in [0.3, 0.4) is 0 Å². The van der Waals surface area contributed by atoms with Crippen LogP contribution in [0.1, 0.15) is 0 Å². The number of rotatable bonds is 9. The Morgan fingerprint density at radius 1 is 1.36 bits per heavy atom. The van der Waals surface area contributed by atoms with E-state index in [1.807, 2.05) is 0 Å². The third kappa shape index (κ3) is 5.26. The maximum atomic E-state index is 13.3. The average Bonchev–Trinajstić information content (AvgIpc) is 2.52. The largest absolute Gasteiger partial charge is 0.489 e. The fourth-order valence-electron chi connectivity index (χ4n) is 1.55. The summed E-state index contributed by atoms with van der Waals surface area (Å²) in [4.78, 5) is 11.6. The first kappa shape index (κ1) is 17.8. The Morgan fingerprint density at radius 3 is 2.73 bits per heavy atom. The van der Waals surface area contributed by atoms with Crippen LogP contribution in [0.2, 0.25) is 0 Å². The number of nitrogens with zero attached hydrogens (tertiary/aromatic N) is 2. The summed E-state index contributed by atoms with van der Waals surface area (Å²) in [6.07, 6.45) is 0. The zero-order chi connectivity index (χ0) is 16.4. The van der Waals surface area contributed by atoms with Gasteiger partial charge in [-0.2, -0.15) is 10.5 Å². The third-order valence-electron chi connectivity index (χ3n) is 2.57. The van der Waals surface area contributed by atoms with Crippen LogP contribution < -0.4 is 15.1 Å². The highest BCUT2D eigenvalue weighted by Gasteiger charge is 2.19. The third-order valence-corrected chi connectivity index (χ3v) is 2.57. The monoisotopic (exact) mass is 314 g/mol. The molecule has 0 aliphatic rings. The Kier molecular flexibility index (Phi) is 7.79. The van der Waals surface area contributed by atoms with Gasteiger partial charge in [0.05, 0.1) is 19.8 Å². The highest BCUT2D eigenvalue weighted by Crippen LogP contribution is 2.29. The van der Waals surface area contributed by atoms with Gasteiger partial charge in [-0.3, -0.25) is 0 Å². The molecule has 0 unspecified atom stereocenters. The van der Waals surface area contributed by atoms with E-state index < -0.39 is 11.8 Å². The van der Waals surface area contributed by atoms with E-state index in [-0.39, 0.29) is 24.7 Å². The first-order valence-electron chi connectivity index (χ1n) is 6.52. The van der Waals surface area contributed by atoms with Crippen molar-refractivity contribution in [2.24, 2.45) is 5.22 Å². The second kappa shape index (κ2) is 9.64. The number of carbonyl (C=O) groups excluding carboxylic acids is 1. The van der Waals surface area contributed by atoms with Crippen LogP contribution in [-0.2, 0) is 9.47 Å². The van der Waals surface area contributed by atoms with E-state index in [0.717, 1.165) is 17.1 Å². The summed E-state index contributed by atoms with van der Waals surface area (Å²) in [5, 5.41) is 6.21. The van der Waals surface area contributed by atoms with Gasteiger partial charge in [0.25, 0.3) is 0 Å². The summed E-state index contributed by atoms with van der Waals surface area (Å²) in [7, 11) is 2.96. The lowest BCUT2D eigenvalue weighted by Gasteiger charge is -2.18. The highest BCUT2D eigenvalue weighted by molar-refractivity contribution is 5.92. The smallest absolute Gasteiger partial charge is 0.343 e. The van der Waals surface area contributed by atoms with E-state index in [2.05, 4.69) is 10.5 Å². The van der Waals surface area contributed by atoms with Gasteiger partial charge in [-0.05, 0) is 12.1 Å². The number of ether oxygens (including phenoxy) is 3. The lowest BCUT2D eigenvalue weighted by Crippen LogP contribution is -2.34. The first-order valence-corrected chi connectivity index (χ1v) is 6.52. The Labute approximate surface area is 127 Å². The van der Waals surface area contributed by atoms with Crippen molar-refractivity contribution in [3.05, 3.63) is 24.0 Å². The predicted octanol–water partition coefficient (Wildman–Crippen LogP) is 1.96. The van der Waals surface area contributed by atoms with Gasteiger partial charge in [-0.25, -0.2) is 9.18 Å². The summed E-state index contributed by atoms with van der Waals surface area (Å²) in [6.45, 7) is 1.31. The minimum atomic E-state index is -0.636. The van der Waals surface area contributed by atoms with Gasteiger partial charge >= 0.3 is 6.03 Å². The molecule has 1 rings (SSSR count). The van der Waals surface area contributed by atoms with Crippen LogP contribution in [0.25, 0.3) is 0 Å². The zero-order valence-corrected chi connectivity index (χ0v) is 12.5. The van der Waals surface area contributed by atoms with Gasteiger partial charge in [-0.1, -0.05) is 5.22 Å². The van der Waals surface area contributed by atoms with E-state index in [1.54, 1.807) is 7.11 Å². The molecule has 0 atom stereocenters. The molecule has 0 radical (unpaired) electrons. The molecule has 2 N–H and O–H groups in total. The van der Waals surface area contributed by atoms with E-state index in [4.69, 9.17) is 19.7 Å².